The lowest BCUT2D eigenvalue weighted by molar-refractivity contribution is 0.302. The van der Waals surface area contributed by atoms with Crippen molar-refractivity contribution < 1.29 is 13.5 Å². The van der Waals surface area contributed by atoms with Gasteiger partial charge in [0.2, 0.25) is 0 Å². The molecule has 2 nitrogen and oxygen atoms in total. The number of fused-ring (bicyclic) bond motifs is 1. The molecule has 2 atom stereocenters. The van der Waals surface area contributed by atoms with E-state index in [0.29, 0.717) is 13.0 Å². The van der Waals surface area contributed by atoms with Gasteiger partial charge in [0.25, 0.3) is 0 Å². The van der Waals surface area contributed by atoms with Gasteiger partial charge in [0, 0.05) is 17.5 Å². The normalized spacial score (nSPS) is 18.1. The molecule has 21 heavy (non-hydrogen) atoms. The zero-order chi connectivity index (χ0) is 14.8. The van der Waals surface area contributed by atoms with Crippen LogP contribution in [0.5, 0.6) is 5.75 Å². The Bertz CT molecular complexity index is 644. The van der Waals surface area contributed by atoms with E-state index in [4.69, 9.17) is 4.74 Å². The Kier molecular flexibility index (Phi) is 3.88. The summed E-state index contributed by atoms with van der Waals surface area (Å²) in [5.41, 5.74) is 1.94. The van der Waals surface area contributed by atoms with Gasteiger partial charge in [-0.2, -0.15) is 0 Å². The van der Waals surface area contributed by atoms with Gasteiger partial charge >= 0.3 is 0 Å². The maximum absolute atomic E-state index is 13.3. The van der Waals surface area contributed by atoms with E-state index in [2.05, 4.69) is 11.4 Å². The Hall–Kier alpha value is -1.94. The van der Waals surface area contributed by atoms with Crippen molar-refractivity contribution in [1.82, 2.24) is 5.32 Å². The quantitative estimate of drug-likeness (QED) is 0.932. The first-order chi connectivity index (χ1) is 10.2. The fourth-order valence-electron chi connectivity index (χ4n) is 2.89. The molecule has 0 saturated carbocycles. The van der Waals surface area contributed by atoms with E-state index in [-0.39, 0.29) is 12.0 Å². The molecule has 1 N–H and O–H groups in total. The van der Waals surface area contributed by atoms with E-state index in [9.17, 15) is 8.78 Å². The molecule has 3 rings (SSSR count). The van der Waals surface area contributed by atoms with Crippen molar-refractivity contribution in [3.63, 3.8) is 0 Å². The van der Waals surface area contributed by atoms with Crippen molar-refractivity contribution in [3.05, 3.63) is 65.2 Å². The van der Waals surface area contributed by atoms with Gasteiger partial charge in [0.1, 0.15) is 5.75 Å². The second-order valence-electron chi connectivity index (χ2n) is 5.30. The number of nitrogens with one attached hydrogen (secondary N) is 1. The molecule has 0 saturated heterocycles. The van der Waals surface area contributed by atoms with Gasteiger partial charge in [0.05, 0.1) is 6.61 Å². The van der Waals surface area contributed by atoms with Crippen LogP contribution in [0.3, 0.4) is 0 Å². The number of para-hydroxylation sites is 1. The maximum atomic E-state index is 13.3. The lowest BCUT2D eigenvalue weighted by atomic mass is 9.89. The third-order valence-electron chi connectivity index (χ3n) is 4.03. The average Bonchev–Trinajstić information content (AvgIpc) is 2.92. The number of likely N-dealkylation sites (N-methyl/N-ethyl adjacent to an activating group) is 1. The van der Waals surface area contributed by atoms with Crippen LogP contribution in [0.2, 0.25) is 0 Å². The van der Waals surface area contributed by atoms with E-state index < -0.39 is 11.6 Å². The maximum Gasteiger partial charge on any atom is 0.159 e. The van der Waals surface area contributed by atoms with Crippen LogP contribution in [0.4, 0.5) is 8.78 Å². The largest absolute Gasteiger partial charge is 0.493 e. The molecule has 4 heteroatoms. The third-order valence-corrected chi connectivity index (χ3v) is 4.03. The first kappa shape index (κ1) is 14.0. The molecule has 110 valence electrons. The fraction of sp³-hybridized carbons (Fsp3) is 0.294. The Labute approximate surface area is 122 Å². The molecule has 0 aliphatic carbocycles. The van der Waals surface area contributed by atoms with E-state index in [1.165, 1.54) is 17.7 Å². The van der Waals surface area contributed by atoms with Crippen LogP contribution in [-0.2, 0) is 6.42 Å². The summed E-state index contributed by atoms with van der Waals surface area (Å²) in [7, 11) is 1.88. The van der Waals surface area contributed by atoms with Crippen molar-refractivity contribution in [3.8, 4) is 5.75 Å². The summed E-state index contributed by atoms with van der Waals surface area (Å²) in [5.74, 6) is -0.493. The smallest absolute Gasteiger partial charge is 0.159 e. The molecule has 0 fully saturated rings. The van der Waals surface area contributed by atoms with E-state index >= 15 is 0 Å². The minimum Gasteiger partial charge on any atom is -0.493 e. The van der Waals surface area contributed by atoms with Crippen LogP contribution in [0.25, 0.3) is 0 Å². The molecule has 2 aromatic rings. The lowest BCUT2D eigenvalue weighted by Gasteiger charge is -2.22. The van der Waals surface area contributed by atoms with Crippen molar-refractivity contribution >= 4 is 0 Å². The molecule has 0 spiro atoms. The minimum absolute atomic E-state index is 0.110. The van der Waals surface area contributed by atoms with Gasteiger partial charge in [-0.3, -0.25) is 0 Å². The number of halogens is 2. The Morgan fingerprint density at radius 2 is 2.00 bits per heavy atom. The molecule has 0 aromatic heterocycles. The van der Waals surface area contributed by atoms with Gasteiger partial charge in [-0.05, 0) is 37.2 Å². The fourth-order valence-corrected chi connectivity index (χ4v) is 2.89. The van der Waals surface area contributed by atoms with Crippen LogP contribution in [0.1, 0.15) is 17.0 Å². The molecule has 0 bridgehead atoms. The minimum atomic E-state index is -0.811. The predicted octanol–water partition coefficient (Wildman–Crippen LogP) is 3.27. The molecule has 1 aliphatic rings. The predicted molar refractivity (Wildman–Crippen MR) is 77.6 cm³/mol. The highest BCUT2D eigenvalue weighted by atomic mass is 19.2. The first-order valence-electron chi connectivity index (χ1n) is 7.02. The molecule has 1 heterocycles. The molecule has 1 aliphatic heterocycles. The zero-order valence-electron chi connectivity index (χ0n) is 11.8. The van der Waals surface area contributed by atoms with Gasteiger partial charge in [-0.25, -0.2) is 8.78 Å². The summed E-state index contributed by atoms with van der Waals surface area (Å²) in [4.78, 5) is 0. The highest BCUT2D eigenvalue weighted by Crippen LogP contribution is 2.36. The van der Waals surface area contributed by atoms with Crippen LogP contribution in [0.15, 0.2) is 42.5 Å². The summed E-state index contributed by atoms with van der Waals surface area (Å²) < 4.78 is 32.0. The Morgan fingerprint density at radius 3 is 2.76 bits per heavy atom. The lowest BCUT2D eigenvalue weighted by Crippen LogP contribution is -2.35. The summed E-state index contributed by atoms with van der Waals surface area (Å²) in [5, 5.41) is 3.27. The SMILES string of the molecule is CNC(Cc1ccc(F)c(F)c1)C1COc2ccccc21. The van der Waals surface area contributed by atoms with Crippen molar-refractivity contribution in [1.29, 1.82) is 0 Å². The van der Waals surface area contributed by atoms with Crippen LogP contribution >= 0.6 is 0 Å². The van der Waals surface area contributed by atoms with Crippen molar-refractivity contribution in [2.45, 2.75) is 18.4 Å². The number of hydrogen-bond acceptors (Lipinski definition) is 2. The van der Waals surface area contributed by atoms with Crippen LogP contribution in [-0.4, -0.2) is 19.7 Å². The van der Waals surface area contributed by atoms with Crippen LogP contribution in [0, 0.1) is 11.6 Å². The first-order valence-corrected chi connectivity index (χ1v) is 7.02. The second kappa shape index (κ2) is 5.82. The number of ether oxygens (including phenoxy) is 1. The van der Waals surface area contributed by atoms with Gasteiger partial charge in [0.15, 0.2) is 11.6 Å². The summed E-state index contributed by atoms with van der Waals surface area (Å²) in [6.07, 6.45) is 0.621. The summed E-state index contributed by atoms with van der Waals surface area (Å²) in [6.45, 7) is 0.606. The summed E-state index contributed by atoms with van der Waals surface area (Å²) in [6, 6.07) is 12.1. The van der Waals surface area contributed by atoms with Gasteiger partial charge in [-0.1, -0.05) is 24.3 Å². The third kappa shape index (κ3) is 2.76. The number of hydrogen-bond donors (Lipinski definition) is 1. The van der Waals surface area contributed by atoms with E-state index in [1.54, 1.807) is 6.07 Å². The number of benzene rings is 2. The molecule has 2 aromatic carbocycles. The molecular formula is C17H17F2NO. The highest BCUT2D eigenvalue weighted by Gasteiger charge is 2.30. The molecule has 2 unspecified atom stereocenters. The summed E-state index contributed by atoms with van der Waals surface area (Å²) >= 11 is 0. The Morgan fingerprint density at radius 1 is 1.19 bits per heavy atom. The van der Waals surface area contributed by atoms with Crippen LogP contribution < -0.4 is 10.1 Å². The van der Waals surface area contributed by atoms with Gasteiger partial charge < -0.3 is 10.1 Å². The molecule has 0 amide bonds. The molecular weight excluding hydrogens is 272 g/mol. The zero-order valence-corrected chi connectivity index (χ0v) is 11.8. The monoisotopic (exact) mass is 289 g/mol. The number of rotatable bonds is 4. The van der Waals surface area contributed by atoms with E-state index in [1.807, 2.05) is 25.2 Å². The molecule has 0 radical (unpaired) electrons. The highest BCUT2D eigenvalue weighted by molar-refractivity contribution is 5.41. The van der Waals surface area contributed by atoms with Gasteiger partial charge in [-0.15, -0.1) is 0 Å². The standard InChI is InChI=1S/C17H17F2NO/c1-20-16(9-11-6-7-14(18)15(19)8-11)13-10-21-17-5-3-2-4-12(13)17/h2-8,13,16,20H,9-10H2,1H3. The topological polar surface area (TPSA) is 21.3 Å². The van der Waals surface area contributed by atoms with E-state index in [0.717, 1.165) is 11.3 Å². The van der Waals surface area contributed by atoms with Crippen molar-refractivity contribution in [2.24, 2.45) is 0 Å². The second-order valence-corrected chi connectivity index (χ2v) is 5.30. The van der Waals surface area contributed by atoms with Crippen molar-refractivity contribution in [2.75, 3.05) is 13.7 Å². The Balaban J connectivity index is 1.81. The average molecular weight is 289 g/mol.